The third kappa shape index (κ3) is 2.35. The average Bonchev–Trinajstić information content (AvgIpc) is 2.90. The van der Waals surface area contributed by atoms with Crippen molar-refractivity contribution >= 4 is 11.8 Å². The Morgan fingerprint density at radius 1 is 1.45 bits per heavy atom. The molecule has 0 amide bonds. The lowest BCUT2D eigenvalue weighted by Gasteiger charge is -2.04. The Kier molecular flexibility index (Phi) is 3.46. The summed E-state index contributed by atoms with van der Waals surface area (Å²) >= 11 is 0. The molecule has 10 nitrogen and oxygen atoms in total. The lowest BCUT2D eigenvalue weighted by Crippen LogP contribution is -2.13. The molecule has 2 rings (SSSR count). The third-order valence-electron chi connectivity index (χ3n) is 2.94. The zero-order valence-electron chi connectivity index (χ0n) is 10.8. The lowest BCUT2D eigenvalue weighted by atomic mass is 10.3. The molecule has 2 aromatic rings. The second kappa shape index (κ2) is 5.07. The van der Waals surface area contributed by atoms with E-state index >= 15 is 0 Å². The maximum atomic E-state index is 10.8. The van der Waals surface area contributed by atoms with Gasteiger partial charge in [-0.2, -0.15) is 0 Å². The highest BCUT2D eigenvalue weighted by atomic mass is 16.6. The van der Waals surface area contributed by atoms with Gasteiger partial charge < -0.3 is 15.2 Å². The van der Waals surface area contributed by atoms with E-state index in [1.54, 1.807) is 13.8 Å². The first kappa shape index (κ1) is 13.6. The lowest BCUT2D eigenvalue weighted by molar-refractivity contribution is -0.392. The van der Waals surface area contributed by atoms with Crippen molar-refractivity contribution in [2.45, 2.75) is 26.9 Å². The van der Waals surface area contributed by atoms with Crippen LogP contribution in [0.3, 0.4) is 0 Å². The molecule has 10 heteroatoms. The molecule has 106 valence electrons. The van der Waals surface area contributed by atoms with E-state index in [2.05, 4.69) is 15.3 Å². The number of hydrogen-bond donors (Lipinski definition) is 1. The van der Waals surface area contributed by atoms with Gasteiger partial charge in [0.25, 0.3) is 0 Å². The fraction of sp³-hybridized carbons (Fsp3) is 0.400. The Morgan fingerprint density at radius 3 is 2.70 bits per heavy atom. The van der Waals surface area contributed by atoms with Crippen LogP contribution in [0.25, 0.3) is 0 Å². The topological polar surface area (TPSA) is 129 Å². The second-order valence-corrected chi connectivity index (χ2v) is 4.12. The van der Waals surface area contributed by atoms with Crippen LogP contribution in [0.1, 0.15) is 22.0 Å². The molecule has 0 atom stereocenters. The maximum Gasteiger partial charge on any atom is 0.358 e. The number of aryl methyl sites for hydroxylation is 2. The van der Waals surface area contributed by atoms with Crippen molar-refractivity contribution in [3.05, 3.63) is 33.5 Å². The minimum atomic E-state index is -1.15. The Hall–Kier alpha value is -2.78. The summed E-state index contributed by atoms with van der Waals surface area (Å²) in [5.41, 5.74) is 0.278. The summed E-state index contributed by atoms with van der Waals surface area (Å²) in [6.45, 7) is 3.76. The number of carboxylic acid groups (broad SMARTS) is 1. The summed E-state index contributed by atoms with van der Waals surface area (Å²) in [5, 5.41) is 27.0. The molecule has 1 N–H and O–H groups in total. The highest BCUT2D eigenvalue weighted by Gasteiger charge is 2.19. The largest absolute Gasteiger partial charge is 0.476 e. The van der Waals surface area contributed by atoms with Crippen LogP contribution < -0.4 is 0 Å². The molecule has 0 radical (unpaired) electrons. The first-order chi connectivity index (χ1) is 9.41. The van der Waals surface area contributed by atoms with Gasteiger partial charge in [-0.1, -0.05) is 5.21 Å². The van der Waals surface area contributed by atoms with Gasteiger partial charge in [-0.15, -0.1) is 5.10 Å². The van der Waals surface area contributed by atoms with Crippen molar-refractivity contribution in [3.63, 3.8) is 0 Å². The van der Waals surface area contributed by atoms with Gasteiger partial charge >= 0.3 is 11.8 Å². The van der Waals surface area contributed by atoms with E-state index in [1.807, 2.05) is 0 Å². The molecule has 0 spiro atoms. The van der Waals surface area contributed by atoms with E-state index in [0.717, 1.165) is 0 Å². The van der Waals surface area contributed by atoms with Crippen molar-refractivity contribution in [2.24, 2.45) is 0 Å². The Morgan fingerprint density at radius 2 is 2.15 bits per heavy atom. The zero-order chi connectivity index (χ0) is 14.9. The van der Waals surface area contributed by atoms with Crippen LogP contribution in [0, 0.1) is 24.0 Å². The van der Waals surface area contributed by atoms with E-state index in [4.69, 9.17) is 5.11 Å². The summed E-state index contributed by atoms with van der Waals surface area (Å²) in [4.78, 5) is 25.1. The number of aromatic carboxylic acids is 1. The number of nitrogens with zero attached hydrogens (tertiary/aromatic N) is 6. The number of aromatic nitrogens is 5. The molecule has 0 aromatic carbocycles. The molecule has 0 aliphatic heterocycles. The van der Waals surface area contributed by atoms with Crippen molar-refractivity contribution in [1.29, 1.82) is 0 Å². The first-order valence-corrected chi connectivity index (χ1v) is 5.71. The van der Waals surface area contributed by atoms with Crippen molar-refractivity contribution in [1.82, 2.24) is 24.5 Å². The number of nitro groups is 1. The van der Waals surface area contributed by atoms with Gasteiger partial charge in [0.2, 0.25) is 0 Å². The predicted molar refractivity (Wildman–Crippen MR) is 65.3 cm³/mol. The highest BCUT2D eigenvalue weighted by molar-refractivity contribution is 5.86. The minimum Gasteiger partial charge on any atom is -0.476 e. The minimum absolute atomic E-state index is 0.112. The van der Waals surface area contributed by atoms with Gasteiger partial charge in [0.15, 0.2) is 11.5 Å². The quantitative estimate of drug-likeness (QED) is 0.619. The zero-order valence-corrected chi connectivity index (χ0v) is 10.8. The van der Waals surface area contributed by atoms with E-state index in [-0.39, 0.29) is 24.6 Å². The summed E-state index contributed by atoms with van der Waals surface area (Å²) in [7, 11) is 0. The highest BCUT2D eigenvalue weighted by Crippen LogP contribution is 2.14. The van der Waals surface area contributed by atoms with Crippen LogP contribution in [-0.4, -0.2) is 40.5 Å². The Bertz CT molecular complexity index is 673. The predicted octanol–water partition coefficient (Wildman–Crippen LogP) is 0.398. The van der Waals surface area contributed by atoms with E-state index in [9.17, 15) is 14.9 Å². The van der Waals surface area contributed by atoms with Crippen LogP contribution in [-0.2, 0) is 13.1 Å². The van der Waals surface area contributed by atoms with Gasteiger partial charge in [-0.25, -0.2) is 19.0 Å². The van der Waals surface area contributed by atoms with E-state index in [1.165, 1.54) is 15.4 Å². The summed E-state index contributed by atoms with van der Waals surface area (Å²) in [6.07, 6.45) is 1.19. The number of imidazole rings is 1. The monoisotopic (exact) mass is 280 g/mol. The van der Waals surface area contributed by atoms with Crippen molar-refractivity contribution in [2.75, 3.05) is 0 Å². The molecule has 0 bridgehead atoms. The molecule has 0 unspecified atom stereocenters. The summed E-state index contributed by atoms with van der Waals surface area (Å²) in [6, 6.07) is 0. The Balaban J connectivity index is 2.19. The SMILES string of the molecule is Cc1c(C(=O)O)nnn1CCn1c([N+](=O)[O-])cnc1C. The van der Waals surface area contributed by atoms with Gasteiger partial charge in [-0.05, 0) is 11.8 Å². The summed E-state index contributed by atoms with van der Waals surface area (Å²) < 4.78 is 2.83. The van der Waals surface area contributed by atoms with Crippen LogP contribution >= 0.6 is 0 Å². The smallest absolute Gasteiger partial charge is 0.358 e. The molecule has 0 fully saturated rings. The van der Waals surface area contributed by atoms with Crippen molar-refractivity contribution < 1.29 is 14.8 Å². The average molecular weight is 280 g/mol. The molecule has 0 aliphatic carbocycles. The molecular weight excluding hydrogens is 268 g/mol. The molecule has 20 heavy (non-hydrogen) atoms. The standard InChI is InChI=1S/C10H12N6O4/c1-6-9(10(17)18)12-13-15(6)4-3-14-7(2)11-5-8(14)16(19)20/h5H,3-4H2,1-2H3,(H,17,18). The fourth-order valence-corrected chi connectivity index (χ4v) is 1.84. The molecule has 2 aromatic heterocycles. The van der Waals surface area contributed by atoms with Crippen molar-refractivity contribution in [3.8, 4) is 0 Å². The molecular formula is C10H12N6O4. The molecule has 0 saturated carbocycles. The number of hydrogen-bond acceptors (Lipinski definition) is 6. The van der Waals surface area contributed by atoms with E-state index < -0.39 is 10.9 Å². The second-order valence-electron chi connectivity index (χ2n) is 4.12. The Labute approximate surface area is 112 Å². The van der Waals surface area contributed by atoms with Crippen LogP contribution in [0.4, 0.5) is 5.82 Å². The van der Waals surface area contributed by atoms with Gasteiger partial charge in [0, 0.05) is 6.92 Å². The van der Waals surface area contributed by atoms with Crippen LogP contribution in [0.15, 0.2) is 6.20 Å². The molecule has 0 aliphatic rings. The first-order valence-electron chi connectivity index (χ1n) is 5.71. The molecule has 0 saturated heterocycles. The van der Waals surface area contributed by atoms with Gasteiger partial charge in [0.1, 0.15) is 12.7 Å². The third-order valence-corrected chi connectivity index (χ3v) is 2.94. The number of carbonyl (C=O) groups is 1. The summed E-state index contributed by atoms with van der Waals surface area (Å²) in [5.74, 6) is -0.759. The fourth-order valence-electron chi connectivity index (χ4n) is 1.84. The van der Waals surface area contributed by atoms with Crippen LogP contribution in [0.2, 0.25) is 0 Å². The normalized spacial score (nSPS) is 10.7. The molecule has 2 heterocycles. The van der Waals surface area contributed by atoms with Gasteiger partial charge in [0.05, 0.1) is 12.2 Å². The van der Waals surface area contributed by atoms with E-state index in [0.29, 0.717) is 11.5 Å². The number of rotatable bonds is 5. The maximum absolute atomic E-state index is 10.8. The van der Waals surface area contributed by atoms with Gasteiger partial charge in [-0.3, -0.25) is 0 Å². The van der Waals surface area contributed by atoms with Crippen LogP contribution in [0.5, 0.6) is 0 Å². The number of carboxylic acids is 1.